The second kappa shape index (κ2) is 26.4. The van der Waals surface area contributed by atoms with Crippen molar-refractivity contribution in [2.45, 2.75) is 230 Å². The molecule has 0 N–H and O–H groups in total. The van der Waals surface area contributed by atoms with Crippen LogP contribution in [0.25, 0.3) is 0 Å². The zero-order chi connectivity index (χ0) is 43.6. The predicted molar refractivity (Wildman–Crippen MR) is 258 cm³/mol. The summed E-state index contributed by atoms with van der Waals surface area (Å²) in [7, 11) is -0.0265. The maximum atomic E-state index is 10.8. The quantitative estimate of drug-likeness (QED) is 0.119. The Hall–Kier alpha value is -1.21. The van der Waals surface area contributed by atoms with E-state index in [1.165, 1.54) is 82.6 Å². The topological polar surface area (TPSA) is 65.5 Å². The van der Waals surface area contributed by atoms with Gasteiger partial charge in [0.15, 0.2) is 8.32 Å². The van der Waals surface area contributed by atoms with Gasteiger partial charge in [-0.25, -0.2) is 0 Å². The second-order valence-electron chi connectivity index (χ2n) is 21.4. The van der Waals surface area contributed by atoms with Gasteiger partial charge in [0.05, 0.1) is 29.5 Å². The molecule has 4 aliphatic rings. The minimum atomic E-state index is -1.76. The van der Waals surface area contributed by atoms with Crippen molar-refractivity contribution in [1.82, 2.24) is 4.98 Å². The maximum Gasteiger partial charge on any atom is 0.192 e. The van der Waals surface area contributed by atoms with Crippen LogP contribution in [0.4, 0.5) is 0 Å². The van der Waals surface area contributed by atoms with Crippen molar-refractivity contribution in [3.8, 4) is 0 Å². The molecule has 1 heterocycles. The van der Waals surface area contributed by atoms with Crippen LogP contribution in [0.5, 0.6) is 0 Å². The van der Waals surface area contributed by atoms with Crippen LogP contribution in [0.2, 0.25) is 28.2 Å². The van der Waals surface area contributed by atoms with Gasteiger partial charge in [-0.15, -0.1) is 0 Å². The van der Waals surface area contributed by atoms with E-state index in [0.29, 0.717) is 43.4 Å². The Labute approximate surface area is 375 Å². The molecule has 1 aromatic heterocycles. The predicted octanol–water partition coefficient (Wildman–Crippen LogP) is 17.1. The summed E-state index contributed by atoms with van der Waals surface area (Å²) in [4.78, 5) is 25.3. The molecule has 0 saturated heterocycles. The number of allylic oxidation sites excluding steroid dienone is 1. The molecule has 4 fully saturated rings. The maximum absolute atomic E-state index is 10.8. The number of carbonyl (C=O) groups excluding carboxylic acids is 2. The van der Waals surface area contributed by atoms with Crippen LogP contribution < -0.4 is 0 Å². The normalized spacial score (nSPS) is 21.7. The fourth-order valence-corrected chi connectivity index (χ4v) is 12.4. The number of rotatable bonds is 12. The van der Waals surface area contributed by atoms with Gasteiger partial charge in [0.25, 0.3) is 0 Å². The minimum Gasteiger partial charge on any atom is -0.504 e. The summed E-state index contributed by atoms with van der Waals surface area (Å²) >= 11 is 13.1. The highest BCUT2D eigenvalue weighted by Gasteiger charge is 2.35. The molecule has 0 bridgehead atoms. The van der Waals surface area contributed by atoms with Crippen LogP contribution >= 0.6 is 23.2 Å². The summed E-state index contributed by atoms with van der Waals surface area (Å²) in [5, 5.41) is 1.28. The molecule has 0 spiro atoms. The molecule has 1 unspecified atom stereocenters. The Morgan fingerprint density at radius 1 is 0.729 bits per heavy atom. The Kier molecular flexibility index (Phi) is 25.0. The number of aldehydes is 1. The van der Waals surface area contributed by atoms with E-state index in [1.807, 2.05) is 6.26 Å². The Bertz CT molecular complexity index is 1330. The Balaban J connectivity index is 0.000000457. The molecule has 1 aromatic rings. The van der Waals surface area contributed by atoms with Crippen molar-refractivity contribution in [2.24, 2.45) is 33.5 Å². The van der Waals surface area contributed by atoms with Gasteiger partial charge in [-0.05, 0) is 148 Å². The number of aromatic nitrogens is 1. The third-order valence-corrected chi connectivity index (χ3v) is 19.6. The van der Waals surface area contributed by atoms with E-state index in [0.717, 1.165) is 80.8 Å². The highest BCUT2D eigenvalue weighted by Crippen LogP contribution is 2.43. The van der Waals surface area contributed by atoms with E-state index in [2.05, 4.69) is 81.1 Å². The second-order valence-corrected chi connectivity index (χ2v) is 27.0. The molecule has 342 valence electrons. The fourth-order valence-electron chi connectivity index (χ4n) is 8.93. The molecule has 59 heavy (non-hydrogen) atoms. The number of methoxy groups -OCH3 is 1. The van der Waals surface area contributed by atoms with Gasteiger partial charge < -0.3 is 14.0 Å². The van der Waals surface area contributed by atoms with Crippen LogP contribution in [0.1, 0.15) is 217 Å². The van der Waals surface area contributed by atoms with Gasteiger partial charge >= 0.3 is 0 Å². The van der Waals surface area contributed by atoms with Crippen LogP contribution in [0, 0.1) is 33.5 Å². The molecule has 5 rings (SSSR count). The standard InChI is InChI=1S/C23H39Cl2NOSi.C10H18O.C9H16O.C8H14O.CH4/c1-6-28(7-2,8-3)27-21(22-19(24)16-26-17-20(22)25)11-9-10-18-12-14-23(4,5)15-13-18;1-10(2)6-4-9(5-7-10)8-11-3;1-9(2)5-3-8(7-10)4-6-9;1-8(2)5-3-7(9)4-6-8;/h16-18,21H,6-15H2,1-5H3;8H,4-7H2,1-3H3;7-8H,3-6H2,1-2H3;3-6H2,1-2H3;1H4. The van der Waals surface area contributed by atoms with E-state index in [-0.39, 0.29) is 13.5 Å². The van der Waals surface area contributed by atoms with E-state index in [1.54, 1.807) is 19.5 Å². The number of hydrogen-bond donors (Lipinski definition) is 0. The summed E-state index contributed by atoms with van der Waals surface area (Å²) in [5.41, 5.74) is 4.47. The van der Waals surface area contributed by atoms with Crippen LogP contribution in [0.15, 0.2) is 24.2 Å². The van der Waals surface area contributed by atoms with Gasteiger partial charge in [0, 0.05) is 36.7 Å². The van der Waals surface area contributed by atoms with E-state index >= 15 is 0 Å². The zero-order valence-electron chi connectivity index (χ0n) is 39.4. The summed E-state index contributed by atoms with van der Waals surface area (Å²) in [5.74, 6) is 1.69. The smallest absolute Gasteiger partial charge is 0.192 e. The van der Waals surface area contributed by atoms with Crippen molar-refractivity contribution in [1.29, 1.82) is 0 Å². The van der Waals surface area contributed by atoms with Gasteiger partial charge in [0.2, 0.25) is 0 Å². The third kappa shape index (κ3) is 21.1. The molecule has 0 aromatic carbocycles. The van der Waals surface area contributed by atoms with Crippen molar-refractivity contribution in [2.75, 3.05) is 7.11 Å². The van der Waals surface area contributed by atoms with Crippen LogP contribution in [-0.2, 0) is 18.8 Å². The van der Waals surface area contributed by atoms with E-state index in [4.69, 9.17) is 32.4 Å². The molecule has 4 aliphatic carbocycles. The minimum absolute atomic E-state index is 0. The molecular weight excluding hydrogens is 790 g/mol. The Morgan fingerprint density at radius 2 is 1.15 bits per heavy atom. The number of halogens is 2. The number of carbonyl (C=O) groups is 2. The molecule has 0 radical (unpaired) electrons. The Morgan fingerprint density at radius 3 is 1.56 bits per heavy atom. The first kappa shape index (κ1) is 55.8. The lowest BCUT2D eigenvalue weighted by atomic mass is 9.72. The molecule has 8 heteroatoms. The third-order valence-electron chi connectivity index (χ3n) is 14.3. The summed E-state index contributed by atoms with van der Waals surface area (Å²) < 4.78 is 11.9. The number of ether oxygens (including phenoxy) is 1. The molecule has 4 saturated carbocycles. The molecule has 5 nitrogen and oxygen atoms in total. The van der Waals surface area contributed by atoms with Crippen LogP contribution in [0.3, 0.4) is 0 Å². The SMILES string of the molecule is C.CC1(C)CCC(=O)CC1.CC1(C)CCC(C=O)CC1.CC[Si](CC)(CC)OC(CCCC1CCC(C)(C)CC1)c1c(Cl)cncc1Cl.COC=C1CCC(C)(C)CC1. The number of pyridine rings is 1. The molecule has 0 aliphatic heterocycles. The molecular formula is C51H91Cl2NO4Si. The zero-order valence-corrected chi connectivity index (χ0v) is 41.9. The van der Waals surface area contributed by atoms with Crippen molar-refractivity contribution < 1.29 is 18.8 Å². The number of hydrogen-bond acceptors (Lipinski definition) is 5. The first-order valence-electron chi connectivity index (χ1n) is 23.3. The van der Waals surface area contributed by atoms with Crippen molar-refractivity contribution in [3.05, 3.63) is 39.8 Å². The van der Waals surface area contributed by atoms with Gasteiger partial charge in [0.1, 0.15) is 12.1 Å². The number of Topliss-reactive ketones (excluding diaryl/α,β-unsaturated/α-hetero) is 1. The monoisotopic (exact) mass is 880 g/mol. The molecule has 0 amide bonds. The summed E-state index contributed by atoms with van der Waals surface area (Å²) in [6, 6.07) is 3.40. The summed E-state index contributed by atoms with van der Waals surface area (Å²) in [6.45, 7) is 25.4. The first-order valence-corrected chi connectivity index (χ1v) is 26.6. The molecule has 1 atom stereocenters. The lowest BCUT2D eigenvalue weighted by molar-refractivity contribution is -0.122. The van der Waals surface area contributed by atoms with Gasteiger partial charge in [-0.3, -0.25) is 9.78 Å². The van der Waals surface area contributed by atoms with Crippen molar-refractivity contribution >= 4 is 43.6 Å². The number of ketones is 1. The average Bonchev–Trinajstić information content (AvgIpc) is 3.17. The lowest BCUT2D eigenvalue weighted by Gasteiger charge is -2.36. The first-order chi connectivity index (χ1) is 27.1. The van der Waals surface area contributed by atoms with E-state index < -0.39 is 8.32 Å². The number of nitrogens with zero attached hydrogens (tertiary/aromatic N) is 1. The largest absolute Gasteiger partial charge is 0.504 e. The lowest BCUT2D eigenvalue weighted by Crippen LogP contribution is -2.37. The van der Waals surface area contributed by atoms with Gasteiger partial charge in [-0.2, -0.15) is 0 Å². The van der Waals surface area contributed by atoms with Crippen LogP contribution in [-0.4, -0.2) is 32.5 Å². The van der Waals surface area contributed by atoms with Crippen molar-refractivity contribution in [3.63, 3.8) is 0 Å². The average molecular weight is 881 g/mol. The van der Waals surface area contributed by atoms with E-state index in [9.17, 15) is 9.59 Å². The van der Waals surface area contributed by atoms with Gasteiger partial charge in [-0.1, -0.05) is 120 Å². The highest BCUT2D eigenvalue weighted by molar-refractivity contribution is 6.73. The highest BCUT2D eigenvalue weighted by atomic mass is 35.5. The summed E-state index contributed by atoms with van der Waals surface area (Å²) in [6.07, 6.45) is 28.9. The fraction of sp³-hybridized carbons (Fsp3) is 0.824.